The second kappa shape index (κ2) is 8.17. The maximum absolute atomic E-state index is 12.5. The predicted octanol–water partition coefficient (Wildman–Crippen LogP) is 0.638. The maximum atomic E-state index is 12.5. The Balaban J connectivity index is 1.52. The minimum atomic E-state index is 0.00480. The topological polar surface area (TPSA) is 78.4 Å². The van der Waals surface area contributed by atoms with Gasteiger partial charge in [-0.1, -0.05) is 0 Å². The summed E-state index contributed by atoms with van der Waals surface area (Å²) in [6, 6.07) is 3.84. The van der Waals surface area contributed by atoms with Gasteiger partial charge in [0.05, 0.1) is 18.7 Å². The maximum Gasteiger partial charge on any atom is 0.233 e. The van der Waals surface area contributed by atoms with E-state index in [2.05, 4.69) is 20.2 Å². The van der Waals surface area contributed by atoms with Crippen LogP contribution >= 0.6 is 11.3 Å². The van der Waals surface area contributed by atoms with Crippen LogP contribution in [0.5, 0.6) is 0 Å². The Kier molecular flexibility index (Phi) is 5.72. The lowest BCUT2D eigenvalue weighted by atomic mass is 10.2. The molecule has 0 unspecified atom stereocenters. The largest absolute Gasteiger partial charge is 0.358 e. The lowest BCUT2D eigenvalue weighted by Gasteiger charge is -2.34. The molecule has 2 amide bonds. The lowest BCUT2D eigenvalue weighted by Crippen LogP contribution is -2.51. The molecule has 0 spiro atoms. The molecule has 1 aliphatic rings. The standard InChI is InChI=1S/C17H21N5O2S/c1-18-15(23)11-21-5-7-22(8-6-21)16(24)9-14-12-25-17(20-14)13-3-2-4-19-10-13/h2-4,10,12H,5-9,11H2,1H3,(H,18,23). The Hall–Kier alpha value is -2.32. The summed E-state index contributed by atoms with van der Waals surface area (Å²) >= 11 is 1.53. The van der Waals surface area contributed by atoms with Crippen molar-refractivity contribution in [2.75, 3.05) is 39.8 Å². The molecule has 0 saturated carbocycles. The van der Waals surface area contributed by atoms with Gasteiger partial charge in [0.15, 0.2) is 0 Å². The van der Waals surface area contributed by atoms with E-state index >= 15 is 0 Å². The minimum absolute atomic E-state index is 0.00480. The minimum Gasteiger partial charge on any atom is -0.358 e. The van der Waals surface area contributed by atoms with Gasteiger partial charge in [-0.2, -0.15) is 0 Å². The number of carbonyl (C=O) groups is 2. The molecular formula is C17H21N5O2S. The number of thiazole rings is 1. The van der Waals surface area contributed by atoms with Gasteiger partial charge in [-0.15, -0.1) is 11.3 Å². The highest BCUT2D eigenvalue weighted by Crippen LogP contribution is 2.23. The van der Waals surface area contributed by atoms with Crippen molar-refractivity contribution in [2.45, 2.75) is 6.42 Å². The van der Waals surface area contributed by atoms with Gasteiger partial charge in [-0.05, 0) is 12.1 Å². The van der Waals surface area contributed by atoms with E-state index in [0.29, 0.717) is 26.1 Å². The fourth-order valence-electron chi connectivity index (χ4n) is 2.71. The van der Waals surface area contributed by atoms with Crippen LogP contribution in [0.25, 0.3) is 10.6 Å². The number of amides is 2. The number of hydrogen-bond donors (Lipinski definition) is 1. The van der Waals surface area contributed by atoms with Crippen LogP contribution in [0.3, 0.4) is 0 Å². The second-order valence-electron chi connectivity index (χ2n) is 5.89. The first-order valence-electron chi connectivity index (χ1n) is 8.21. The molecule has 1 saturated heterocycles. The zero-order valence-electron chi connectivity index (χ0n) is 14.1. The molecule has 0 bridgehead atoms. The van der Waals surface area contributed by atoms with E-state index in [1.54, 1.807) is 19.4 Å². The van der Waals surface area contributed by atoms with Crippen LogP contribution in [0.15, 0.2) is 29.9 Å². The van der Waals surface area contributed by atoms with Gasteiger partial charge in [-0.25, -0.2) is 4.98 Å². The third kappa shape index (κ3) is 4.61. The molecule has 3 rings (SSSR count). The van der Waals surface area contributed by atoms with E-state index in [1.807, 2.05) is 22.4 Å². The van der Waals surface area contributed by atoms with Gasteiger partial charge in [0.2, 0.25) is 11.8 Å². The van der Waals surface area contributed by atoms with E-state index in [0.717, 1.165) is 29.4 Å². The van der Waals surface area contributed by atoms with Gasteiger partial charge in [0.1, 0.15) is 5.01 Å². The number of pyridine rings is 1. The molecule has 0 aromatic carbocycles. The number of hydrogen-bond acceptors (Lipinski definition) is 6. The molecule has 8 heteroatoms. The fourth-order valence-corrected chi connectivity index (χ4v) is 3.52. The van der Waals surface area contributed by atoms with Crippen LogP contribution < -0.4 is 5.32 Å². The fraction of sp³-hybridized carbons (Fsp3) is 0.412. The van der Waals surface area contributed by atoms with E-state index in [4.69, 9.17) is 0 Å². The second-order valence-corrected chi connectivity index (χ2v) is 6.75. The highest BCUT2D eigenvalue weighted by molar-refractivity contribution is 7.13. The SMILES string of the molecule is CNC(=O)CN1CCN(C(=O)Cc2csc(-c3cccnc3)n2)CC1. The predicted molar refractivity (Wildman–Crippen MR) is 96.1 cm³/mol. The van der Waals surface area contributed by atoms with Crippen LogP contribution in [0.2, 0.25) is 0 Å². The van der Waals surface area contributed by atoms with Crippen molar-refractivity contribution in [3.63, 3.8) is 0 Å². The Bertz CT molecular complexity index is 726. The average Bonchev–Trinajstić information content (AvgIpc) is 3.11. The van der Waals surface area contributed by atoms with Gasteiger partial charge in [0.25, 0.3) is 0 Å². The first kappa shape index (κ1) is 17.5. The first-order chi connectivity index (χ1) is 12.2. The Morgan fingerprint density at radius 2 is 2.08 bits per heavy atom. The summed E-state index contributed by atoms with van der Waals surface area (Å²) in [4.78, 5) is 36.4. The van der Waals surface area contributed by atoms with Crippen LogP contribution in [0.1, 0.15) is 5.69 Å². The number of piperazine rings is 1. The Morgan fingerprint density at radius 3 is 2.76 bits per heavy atom. The quantitative estimate of drug-likeness (QED) is 0.848. The van der Waals surface area contributed by atoms with Gasteiger partial charge >= 0.3 is 0 Å². The van der Waals surface area contributed by atoms with Crippen molar-refractivity contribution in [1.29, 1.82) is 0 Å². The summed E-state index contributed by atoms with van der Waals surface area (Å²) in [6.45, 7) is 3.12. The summed E-state index contributed by atoms with van der Waals surface area (Å²) < 4.78 is 0. The number of likely N-dealkylation sites (N-methyl/N-ethyl adjacent to an activating group) is 1. The molecule has 3 heterocycles. The number of nitrogens with one attached hydrogen (secondary N) is 1. The van der Waals surface area contributed by atoms with Crippen molar-refractivity contribution >= 4 is 23.2 Å². The number of carbonyl (C=O) groups excluding carboxylic acids is 2. The van der Waals surface area contributed by atoms with Gasteiger partial charge in [-0.3, -0.25) is 19.5 Å². The molecule has 7 nitrogen and oxygen atoms in total. The first-order valence-corrected chi connectivity index (χ1v) is 9.09. The summed E-state index contributed by atoms with van der Waals surface area (Å²) in [5.41, 5.74) is 1.76. The Morgan fingerprint density at radius 1 is 1.28 bits per heavy atom. The van der Waals surface area contributed by atoms with Crippen LogP contribution in [0.4, 0.5) is 0 Å². The van der Waals surface area contributed by atoms with E-state index in [9.17, 15) is 9.59 Å². The molecule has 1 N–H and O–H groups in total. The number of rotatable bonds is 5. The molecule has 25 heavy (non-hydrogen) atoms. The van der Waals surface area contributed by atoms with Crippen LogP contribution in [-0.2, 0) is 16.0 Å². The monoisotopic (exact) mass is 359 g/mol. The molecule has 1 aliphatic heterocycles. The third-order valence-electron chi connectivity index (χ3n) is 4.16. The van der Waals surface area contributed by atoms with E-state index in [-0.39, 0.29) is 11.8 Å². The van der Waals surface area contributed by atoms with Crippen molar-refractivity contribution in [3.8, 4) is 10.6 Å². The average molecular weight is 359 g/mol. The highest BCUT2D eigenvalue weighted by Gasteiger charge is 2.22. The van der Waals surface area contributed by atoms with E-state index < -0.39 is 0 Å². The van der Waals surface area contributed by atoms with Crippen molar-refractivity contribution in [2.24, 2.45) is 0 Å². The normalized spacial score (nSPS) is 15.2. The number of aromatic nitrogens is 2. The van der Waals surface area contributed by atoms with Crippen LogP contribution in [-0.4, -0.2) is 71.4 Å². The summed E-state index contributed by atoms with van der Waals surface area (Å²) in [7, 11) is 1.63. The lowest BCUT2D eigenvalue weighted by molar-refractivity contribution is -0.132. The zero-order valence-corrected chi connectivity index (χ0v) is 15.0. The summed E-state index contributed by atoms with van der Waals surface area (Å²) in [5.74, 6) is 0.0906. The van der Waals surface area contributed by atoms with Crippen molar-refractivity contribution < 1.29 is 9.59 Å². The molecule has 0 atom stereocenters. The van der Waals surface area contributed by atoms with Gasteiger partial charge in [0, 0.05) is 56.6 Å². The summed E-state index contributed by atoms with van der Waals surface area (Å²) in [5, 5.41) is 5.44. The molecule has 1 fully saturated rings. The number of nitrogens with zero attached hydrogens (tertiary/aromatic N) is 4. The third-order valence-corrected chi connectivity index (χ3v) is 5.10. The van der Waals surface area contributed by atoms with Crippen molar-refractivity contribution in [1.82, 2.24) is 25.1 Å². The van der Waals surface area contributed by atoms with Crippen molar-refractivity contribution in [3.05, 3.63) is 35.6 Å². The molecule has 0 aliphatic carbocycles. The smallest absolute Gasteiger partial charge is 0.233 e. The molecule has 0 radical (unpaired) electrons. The molecule has 2 aromatic heterocycles. The van der Waals surface area contributed by atoms with Crippen LogP contribution in [0, 0.1) is 0 Å². The highest BCUT2D eigenvalue weighted by atomic mass is 32.1. The Labute approximate surface area is 150 Å². The molecule has 132 valence electrons. The van der Waals surface area contributed by atoms with E-state index in [1.165, 1.54) is 11.3 Å². The zero-order chi connectivity index (χ0) is 17.6. The molecular weight excluding hydrogens is 338 g/mol. The summed E-state index contributed by atoms with van der Waals surface area (Å²) in [6.07, 6.45) is 3.81. The molecule has 2 aromatic rings. The van der Waals surface area contributed by atoms with Gasteiger partial charge < -0.3 is 10.2 Å².